The Morgan fingerprint density at radius 3 is 2.57 bits per heavy atom. The Hall–Kier alpha value is -2.19. The number of rotatable bonds is 6. The molecular formula is C22H31N5O2S. The molecule has 2 aromatic rings. The zero-order valence-electron chi connectivity index (χ0n) is 17.6. The average molecular weight is 430 g/mol. The van der Waals surface area contributed by atoms with Gasteiger partial charge in [0.05, 0.1) is 5.75 Å². The van der Waals surface area contributed by atoms with Crippen molar-refractivity contribution >= 4 is 21.7 Å². The van der Waals surface area contributed by atoms with Crippen LogP contribution >= 0.6 is 0 Å². The van der Waals surface area contributed by atoms with Crippen molar-refractivity contribution in [3.05, 3.63) is 48.3 Å². The van der Waals surface area contributed by atoms with E-state index in [2.05, 4.69) is 27.1 Å². The lowest BCUT2D eigenvalue weighted by Crippen LogP contribution is -2.42. The molecule has 1 N–H and O–H groups in total. The summed E-state index contributed by atoms with van der Waals surface area (Å²) in [6.45, 7) is 5.43. The maximum absolute atomic E-state index is 12.7. The molecule has 0 radical (unpaired) electrons. The number of nitrogens with one attached hydrogen (secondary N) is 1. The molecule has 8 heteroatoms. The van der Waals surface area contributed by atoms with E-state index in [1.165, 1.54) is 12.8 Å². The van der Waals surface area contributed by atoms with E-state index in [1.807, 2.05) is 36.4 Å². The average Bonchev–Trinajstić information content (AvgIpc) is 2.75. The van der Waals surface area contributed by atoms with Crippen molar-refractivity contribution in [1.29, 1.82) is 0 Å². The van der Waals surface area contributed by atoms with Gasteiger partial charge in [0, 0.05) is 38.3 Å². The first-order valence-corrected chi connectivity index (χ1v) is 12.5. The minimum atomic E-state index is -3.29. The predicted molar refractivity (Wildman–Crippen MR) is 120 cm³/mol. The van der Waals surface area contributed by atoms with E-state index in [9.17, 15) is 8.42 Å². The number of sulfonamides is 1. The minimum Gasteiger partial charge on any atom is -0.367 e. The van der Waals surface area contributed by atoms with Crippen LogP contribution in [0.5, 0.6) is 0 Å². The van der Waals surface area contributed by atoms with Gasteiger partial charge in [0.25, 0.3) is 0 Å². The second-order valence-electron chi connectivity index (χ2n) is 8.51. The molecule has 2 aliphatic heterocycles. The largest absolute Gasteiger partial charge is 0.367 e. The molecular weight excluding hydrogens is 398 g/mol. The second-order valence-corrected chi connectivity index (χ2v) is 10.5. The van der Waals surface area contributed by atoms with Crippen molar-refractivity contribution in [2.24, 2.45) is 5.92 Å². The van der Waals surface area contributed by atoms with Crippen LogP contribution in [0.1, 0.15) is 38.2 Å². The van der Waals surface area contributed by atoms with E-state index in [0.717, 1.165) is 43.1 Å². The highest BCUT2D eigenvalue weighted by Crippen LogP contribution is 2.24. The van der Waals surface area contributed by atoms with Gasteiger partial charge >= 0.3 is 0 Å². The maximum Gasteiger partial charge on any atom is 0.218 e. The Bertz CT molecular complexity index is 930. The molecule has 2 saturated heterocycles. The molecule has 1 atom stereocenters. The zero-order valence-corrected chi connectivity index (χ0v) is 18.4. The molecule has 1 aromatic carbocycles. The first-order valence-electron chi connectivity index (χ1n) is 10.8. The Morgan fingerprint density at radius 1 is 1.07 bits per heavy atom. The van der Waals surface area contributed by atoms with Crippen LogP contribution in [0.15, 0.2) is 42.7 Å². The molecule has 1 aromatic heterocycles. The molecule has 0 aliphatic carbocycles. The van der Waals surface area contributed by atoms with Gasteiger partial charge in [0.15, 0.2) is 0 Å². The van der Waals surface area contributed by atoms with Crippen LogP contribution in [-0.2, 0) is 15.8 Å². The summed E-state index contributed by atoms with van der Waals surface area (Å²) in [6, 6.07) is 11.6. The third-order valence-electron chi connectivity index (χ3n) is 6.02. The highest BCUT2D eigenvalue weighted by molar-refractivity contribution is 7.88. The normalized spacial score (nSPS) is 21.5. The number of hydrogen-bond acceptors (Lipinski definition) is 6. The number of nitrogens with zero attached hydrogens (tertiary/aromatic N) is 4. The van der Waals surface area contributed by atoms with E-state index in [-0.39, 0.29) is 11.8 Å². The monoisotopic (exact) mass is 429 g/mol. The Labute approximate surface area is 179 Å². The SMILES string of the molecule is CC1CCCN(c2cc(NC3CCN(S(=O)(=O)Cc4ccccc4)CC3)ncn2)C1. The van der Waals surface area contributed by atoms with Crippen LogP contribution in [0, 0.1) is 5.92 Å². The molecule has 0 bridgehead atoms. The lowest BCUT2D eigenvalue weighted by Gasteiger charge is -2.33. The van der Waals surface area contributed by atoms with Crippen LogP contribution in [0.2, 0.25) is 0 Å². The fourth-order valence-corrected chi connectivity index (χ4v) is 5.92. The Balaban J connectivity index is 1.32. The molecule has 2 fully saturated rings. The summed E-state index contributed by atoms with van der Waals surface area (Å²) in [5.74, 6) is 2.55. The van der Waals surface area contributed by atoms with E-state index in [4.69, 9.17) is 0 Å². The predicted octanol–water partition coefficient (Wildman–Crippen LogP) is 3.12. The molecule has 3 heterocycles. The smallest absolute Gasteiger partial charge is 0.218 e. The van der Waals surface area contributed by atoms with Gasteiger partial charge in [0.2, 0.25) is 10.0 Å². The van der Waals surface area contributed by atoms with E-state index < -0.39 is 10.0 Å². The van der Waals surface area contributed by atoms with Crippen molar-refractivity contribution < 1.29 is 8.42 Å². The third-order valence-corrected chi connectivity index (χ3v) is 7.87. The van der Waals surface area contributed by atoms with Crippen molar-refractivity contribution in [3.8, 4) is 0 Å². The number of hydrogen-bond donors (Lipinski definition) is 1. The molecule has 0 saturated carbocycles. The van der Waals surface area contributed by atoms with Crippen LogP contribution in [0.25, 0.3) is 0 Å². The topological polar surface area (TPSA) is 78.4 Å². The van der Waals surface area contributed by atoms with Gasteiger partial charge in [-0.3, -0.25) is 0 Å². The maximum atomic E-state index is 12.7. The summed E-state index contributed by atoms with van der Waals surface area (Å²) in [5, 5.41) is 3.49. The summed E-state index contributed by atoms with van der Waals surface area (Å²) in [7, 11) is -3.29. The fraction of sp³-hybridized carbons (Fsp3) is 0.545. The van der Waals surface area contributed by atoms with Crippen LogP contribution in [0.3, 0.4) is 0 Å². The minimum absolute atomic E-state index is 0.0649. The molecule has 1 unspecified atom stereocenters. The van der Waals surface area contributed by atoms with Gasteiger partial charge in [-0.1, -0.05) is 37.3 Å². The van der Waals surface area contributed by atoms with E-state index in [0.29, 0.717) is 19.0 Å². The highest BCUT2D eigenvalue weighted by atomic mass is 32.2. The van der Waals surface area contributed by atoms with Gasteiger partial charge in [-0.05, 0) is 37.2 Å². The van der Waals surface area contributed by atoms with E-state index >= 15 is 0 Å². The molecule has 0 amide bonds. The number of piperidine rings is 2. The first-order chi connectivity index (χ1) is 14.5. The van der Waals surface area contributed by atoms with Crippen molar-refractivity contribution in [1.82, 2.24) is 14.3 Å². The molecule has 30 heavy (non-hydrogen) atoms. The van der Waals surface area contributed by atoms with Crippen LogP contribution in [0.4, 0.5) is 11.6 Å². The number of benzene rings is 1. The van der Waals surface area contributed by atoms with Crippen molar-refractivity contribution in [2.75, 3.05) is 36.4 Å². The summed E-state index contributed by atoms with van der Waals surface area (Å²) >= 11 is 0. The van der Waals surface area contributed by atoms with Crippen molar-refractivity contribution in [2.45, 2.75) is 44.4 Å². The van der Waals surface area contributed by atoms with Gasteiger partial charge in [-0.15, -0.1) is 0 Å². The van der Waals surface area contributed by atoms with Crippen LogP contribution in [-0.4, -0.2) is 54.9 Å². The fourth-order valence-electron chi connectivity index (χ4n) is 4.36. The van der Waals surface area contributed by atoms with Crippen LogP contribution < -0.4 is 10.2 Å². The van der Waals surface area contributed by atoms with Gasteiger partial charge in [-0.2, -0.15) is 0 Å². The number of aromatic nitrogens is 2. The molecule has 0 spiro atoms. The third kappa shape index (κ3) is 5.29. The van der Waals surface area contributed by atoms with Gasteiger partial charge in [0.1, 0.15) is 18.0 Å². The standard InChI is InChI=1S/C22H31N5O2S/c1-18-6-5-11-26(15-18)22-14-21(23-17-24-22)25-20-9-12-27(13-10-20)30(28,29)16-19-7-3-2-4-8-19/h2-4,7-8,14,17-18,20H,5-6,9-13,15-16H2,1H3,(H,23,24,25). The zero-order chi connectivity index (χ0) is 21.0. The molecule has 2 aliphatic rings. The van der Waals surface area contributed by atoms with Crippen molar-refractivity contribution in [3.63, 3.8) is 0 Å². The van der Waals surface area contributed by atoms with Gasteiger partial charge in [-0.25, -0.2) is 22.7 Å². The molecule has 7 nitrogen and oxygen atoms in total. The second kappa shape index (κ2) is 9.31. The van der Waals surface area contributed by atoms with E-state index in [1.54, 1.807) is 10.6 Å². The Morgan fingerprint density at radius 2 is 1.83 bits per heavy atom. The molecule has 162 valence electrons. The summed E-state index contributed by atoms with van der Waals surface area (Å²) in [4.78, 5) is 11.2. The quantitative estimate of drug-likeness (QED) is 0.760. The lowest BCUT2D eigenvalue weighted by molar-refractivity contribution is 0.329. The lowest BCUT2D eigenvalue weighted by atomic mass is 10.0. The summed E-state index contributed by atoms with van der Waals surface area (Å²) in [6.07, 6.45) is 5.64. The highest BCUT2D eigenvalue weighted by Gasteiger charge is 2.28. The number of anilines is 2. The molecule has 4 rings (SSSR count). The van der Waals surface area contributed by atoms with Gasteiger partial charge < -0.3 is 10.2 Å². The summed E-state index contributed by atoms with van der Waals surface area (Å²) in [5.41, 5.74) is 0.832. The Kier molecular flexibility index (Phi) is 6.53. The first kappa shape index (κ1) is 21.1. The summed E-state index contributed by atoms with van der Waals surface area (Å²) < 4.78 is 27.1.